The van der Waals surface area contributed by atoms with Crippen molar-refractivity contribution in [2.45, 2.75) is 18.9 Å². The van der Waals surface area contributed by atoms with Gasteiger partial charge < -0.3 is 19.7 Å². The van der Waals surface area contributed by atoms with E-state index in [9.17, 15) is 0 Å². The van der Waals surface area contributed by atoms with Crippen LogP contribution < -0.4 is 19.7 Å². The molecule has 4 heteroatoms. The molecule has 1 atom stereocenters. The smallest absolute Gasteiger partial charge is 0.162 e. The largest absolute Gasteiger partial charge is 0.493 e. The summed E-state index contributed by atoms with van der Waals surface area (Å²) >= 11 is 0. The van der Waals surface area contributed by atoms with Crippen LogP contribution >= 0.6 is 0 Å². The highest BCUT2D eigenvalue weighted by Crippen LogP contribution is 2.32. The van der Waals surface area contributed by atoms with E-state index < -0.39 is 0 Å². The van der Waals surface area contributed by atoms with Gasteiger partial charge in [0.25, 0.3) is 0 Å². The van der Waals surface area contributed by atoms with Crippen LogP contribution in [0.3, 0.4) is 0 Å². The van der Waals surface area contributed by atoms with Gasteiger partial charge in [-0.1, -0.05) is 0 Å². The van der Waals surface area contributed by atoms with Gasteiger partial charge in [0.05, 0.1) is 14.2 Å². The summed E-state index contributed by atoms with van der Waals surface area (Å²) in [6.45, 7) is 2.15. The molecule has 1 aliphatic heterocycles. The highest BCUT2D eigenvalue weighted by Gasteiger charge is 2.19. The maximum Gasteiger partial charge on any atom is 0.162 e. The number of nitrogens with zero attached hydrogens (tertiary/aromatic N) is 1. The molecule has 18 heavy (non-hydrogen) atoms. The first-order valence-corrected chi connectivity index (χ1v) is 6.42. The molecular weight excluding hydrogens is 228 g/mol. The first-order chi connectivity index (χ1) is 8.78. The number of methoxy groups -OCH3 is 2. The Hall–Kier alpha value is -1.42. The Morgan fingerprint density at radius 3 is 2.67 bits per heavy atom. The molecule has 0 amide bonds. The molecule has 1 aromatic rings. The van der Waals surface area contributed by atoms with Crippen molar-refractivity contribution in [1.29, 1.82) is 0 Å². The van der Waals surface area contributed by atoms with Gasteiger partial charge in [0.2, 0.25) is 0 Å². The standard InChI is InChI=1S/C14H22N2O2/c1-15-11-5-4-8-16(10-11)12-6-7-13(17-2)14(9-12)18-3/h6-7,9,11,15H,4-5,8,10H2,1-3H3. The number of rotatable bonds is 4. The second-order valence-electron chi connectivity index (χ2n) is 4.61. The van der Waals surface area contributed by atoms with Gasteiger partial charge in [-0.15, -0.1) is 0 Å². The second-order valence-corrected chi connectivity index (χ2v) is 4.61. The van der Waals surface area contributed by atoms with Crippen molar-refractivity contribution < 1.29 is 9.47 Å². The summed E-state index contributed by atoms with van der Waals surface area (Å²) in [5, 5.41) is 3.36. The lowest BCUT2D eigenvalue weighted by Crippen LogP contribution is -2.44. The molecule has 1 heterocycles. The molecule has 1 saturated heterocycles. The third kappa shape index (κ3) is 2.70. The molecule has 0 aliphatic carbocycles. The highest BCUT2D eigenvalue weighted by atomic mass is 16.5. The highest BCUT2D eigenvalue weighted by molar-refractivity contribution is 5.56. The molecule has 1 unspecified atom stereocenters. The van der Waals surface area contributed by atoms with Crippen LogP contribution in [0.2, 0.25) is 0 Å². The average molecular weight is 250 g/mol. The van der Waals surface area contributed by atoms with Gasteiger partial charge in [-0.3, -0.25) is 0 Å². The van der Waals surface area contributed by atoms with Gasteiger partial charge in [0.1, 0.15) is 0 Å². The number of benzene rings is 1. The summed E-state index contributed by atoms with van der Waals surface area (Å²) in [5.41, 5.74) is 1.20. The van der Waals surface area contributed by atoms with Gasteiger partial charge in [0.15, 0.2) is 11.5 Å². The fourth-order valence-corrected chi connectivity index (χ4v) is 2.47. The van der Waals surface area contributed by atoms with Crippen molar-refractivity contribution in [2.24, 2.45) is 0 Å². The number of piperidine rings is 1. The monoisotopic (exact) mass is 250 g/mol. The maximum atomic E-state index is 5.35. The molecule has 0 bridgehead atoms. The van der Waals surface area contributed by atoms with Crippen molar-refractivity contribution in [3.05, 3.63) is 18.2 Å². The van der Waals surface area contributed by atoms with Crippen molar-refractivity contribution >= 4 is 5.69 Å². The zero-order valence-corrected chi connectivity index (χ0v) is 11.4. The molecule has 0 aromatic heterocycles. The third-order valence-corrected chi connectivity index (χ3v) is 3.56. The lowest BCUT2D eigenvalue weighted by Gasteiger charge is -2.34. The van der Waals surface area contributed by atoms with E-state index >= 15 is 0 Å². The molecule has 100 valence electrons. The van der Waals surface area contributed by atoms with Crippen LogP contribution in [0, 0.1) is 0 Å². The predicted molar refractivity (Wildman–Crippen MR) is 73.8 cm³/mol. The van der Waals surface area contributed by atoms with Crippen LogP contribution in [-0.2, 0) is 0 Å². The van der Waals surface area contributed by atoms with Gasteiger partial charge in [-0.05, 0) is 32.0 Å². The van der Waals surface area contributed by atoms with Crippen LogP contribution in [-0.4, -0.2) is 40.4 Å². The van der Waals surface area contributed by atoms with E-state index in [-0.39, 0.29) is 0 Å². The fourth-order valence-electron chi connectivity index (χ4n) is 2.47. The van der Waals surface area contributed by atoms with E-state index in [0.717, 1.165) is 24.6 Å². The first-order valence-electron chi connectivity index (χ1n) is 6.42. The van der Waals surface area contributed by atoms with Gasteiger partial charge >= 0.3 is 0 Å². The second kappa shape index (κ2) is 5.96. The van der Waals surface area contributed by atoms with Crippen LogP contribution in [0.25, 0.3) is 0 Å². The molecule has 1 aliphatic rings. The fraction of sp³-hybridized carbons (Fsp3) is 0.571. The summed E-state index contributed by atoms with van der Waals surface area (Å²) in [4.78, 5) is 2.40. The van der Waals surface area contributed by atoms with Gasteiger partial charge in [-0.25, -0.2) is 0 Å². The molecular formula is C14H22N2O2. The molecule has 0 saturated carbocycles. The molecule has 1 fully saturated rings. The Labute approximate surface area is 109 Å². The Bertz CT molecular complexity index is 395. The molecule has 1 N–H and O–H groups in total. The third-order valence-electron chi connectivity index (χ3n) is 3.56. The maximum absolute atomic E-state index is 5.35. The van der Waals surface area contributed by atoms with Gasteiger partial charge in [-0.2, -0.15) is 0 Å². The minimum Gasteiger partial charge on any atom is -0.493 e. The van der Waals surface area contributed by atoms with Crippen LogP contribution in [0.15, 0.2) is 18.2 Å². The summed E-state index contributed by atoms with van der Waals surface area (Å²) in [7, 11) is 5.37. The summed E-state index contributed by atoms with van der Waals surface area (Å²) in [6.07, 6.45) is 2.47. The van der Waals surface area contributed by atoms with Crippen LogP contribution in [0.4, 0.5) is 5.69 Å². The Morgan fingerprint density at radius 1 is 1.22 bits per heavy atom. The SMILES string of the molecule is CNC1CCCN(c2ccc(OC)c(OC)c2)C1. The van der Waals surface area contributed by atoms with Crippen LogP contribution in [0.1, 0.15) is 12.8 Å². The van der Waals surface area contributed by atoms with E-state index in [1.54, 1.807) is 14.2 Å². The van der Waals surface area contributed by atoms with Crippen molar-refractivity contribution in [1.82, 2.24) is 5.32 Å². The van der Waals surface area contributed by atoms with Crippen molar-refractivity contribution in [2.75, 3.05) is 39.3 Å². The van der Waals surface area contributed by atoms with Crippen LogP contribution in [0.5, 0.6) is 11.5 Å². The summed E-state index contributed by atoms with van der Waals surface area (Å²) < 4.78 is 10.6. The zero-order valence-electron chi connectivity index (χ0n) is 11.4. The number of hydrogen-bond donors (Lipinski definition) is 1. The lowest BCUT2D eigenvalue weighted by molar-refractivity contribution is 0.354. The Kier molecular flexibility index (Phi) is 4.31. The predicted octanol–water partition coefficient (Wildman–Crippen LogP) is 1.89. The molecule has 0 spiro atoms. The minimum atomic E-state index is 0.576. The normalized spacial score (nSPS) is 19.7. The number of ether oxygens (including phenoxy) is 2. The van der Waals surface area contributed by atoms with E-state index in [0.29, 0.717) is 6.04 Å². The van der Waals surface area contributed by atoms with Gasteiger partial charge in [0, 0.05) is 30.9 Å². The quantitative estimate of drug-likeness (QED) is 0.885. The summed E-state index contributed by atoms with van der Waals surface area (Å²) in [5.74, 6) is 1.57. The topological polar surface area (TPSA) is 33.7 Å². The average Bonchev–Trinajstić information content (AvgIpc) is 2.46. The molecule has 4 nitrogen and oxygen atoms in total. The molecule has 1 aromatic carbocycles. The summed E-state index contributed by atoms with van der Waals surface area (Å²) in [6, 6.07) is 6.69. The minimum absolute atomic E-state index is 0.576. The van der Waals surface area contributed by atoms with Crippen molar-refractivity contribution in [3.63, 3.8) is 0 Å². The molecule has 0 radical (unpaired) electrons. The Balaban J connectivity index is 2.17. The zero-order chi connectivity index (χ0) is 13.0. The molecule has 2 rings (SSSR count). The lowest BCUT2D eigenvalue weighted by atomic mass is 10.1. The number of hydrogen-bond acceptors (Lipinski definition) is 4. The van der Waals surface area contributed by atoms with E-state index in [1.807, 2.05) is 13.1 Å². The number of likely N-dealkylation sites (N-methyl/N-ethyl adjacent to an activating group) is 1. The first kappa shape index (κ1) is 13.0. The van der Waals surface area contributed by atoms with E-state index in [1.165, 1.54) is 18.5 Å². The van der Waals surface area contributed by atoms with Crippen molar-refractivity contribution in [3.8, 4) is 11.5 Å². The van der Waals surface area contributed by atoms with E-state index in [4.69, 9.17) is 9.47 Å². The Morgan fingerprint density at radius 2 is 2.00 bits per heavy atom. The number of anilines is 1. The number of nitrogens with one attached hydrogen (secondary N) is 1. The van der Waals surface area contributed by atoms with E-state index in [2.05, 4.69) is 22.3 Å².